The van der Waals surface area contributed by atoms with Gasteiger partial charge >= 0.3 is 0 Å². The highest BCUT2D eigenvalue weighted by atomic mass is 16.5. The number of aryl methyl sites for hydroxylation is 1. The number of rotatable bonds is 6. The summed E-state index contributed by atoms with van der Waals surface area (Å²) in [5.74, 6) is 1.71. The van der Waals surface area contributed by atoms with Gasteiger partial charge in [-0.25, -0.2) is 0 Å². The molecule has 3 fully saturated rings. The average molecular weight is 409 g/mol. The summed E-state index contributed by atoms with van der Waals surface area (Å²) in [6, 6.07) is 12.4. The molecule has 30 heavy (non-hydrogen) atoms. The first-order valence-electron chi connectivity index (χ1n) is 11.3. The van der Waals surface area contributed by atoms with Crippen LogP contribution in [0.25, 0.3) is 0 Å². The molecule has 1 N–H and O–H groups in total. The standard InChI is InChI=1S/C25H32N2O3/c1-18-5-3-11-26-24(18)25(28)10-9-20-15-27(16-23(20)25)14-19-6-2-7-21(13-19)30-17-22-8-4-12-29-22/h2-3,5-7,11,13,20,22-23,28H,4,8-10,12,14-17H2,1H3/t20-,22+,23+,25-/m1/s1. The van der Waals surface area contributed by atoms with E-state index in [2.05, 4.69) is 41.1 Å². The number of hydrogen-bond acceptors (Lipinski definition) is 5. The maximum atomic E-state index is 11.6. The second-order valence-electron chi connectivity index (χ2n) is 9.29. The van der Waals surface area contributed by atoms with Gasteiger partial charge in [0, 0.05) is 38.4 Å². The number of hydrogen-bond donors (Lipinski definition) is 1. The summed E-state index contributed by atoms with van der Waals surface area (Å²) in [7, 11) is 0. The van der Waals surface area contributed by atoms with Crippen LogP contribution in [0.4, 0.5) is 0 Å². The molecule has 3 aliphatic rings. The van der Waals surface area contributed by atoms with E-state index in [4.69, 9.17) is 9.47 Å². The third-order valence-electron chi connectivity index (χ3n) is 7.21. The van der Waals surface area contributed by atoms with Crippen LogP contribution in [-0.4, -0.2) is 47.4 Å². The molecule has 3 heterocycles. The molecule has 2 aromatic rings. The highest BCUT2D eigenvalue weighted by Gasteiger charge is 2.53. The first-order valence-corrected chi connectivity index (χ1v) is 11.3. The third-order valence-corrected chi connectivity index (χ3v) is 7.21. The largest absolute Gasteiger partial charge is 0.491 e. The summed E-state index contributed by atoms with van der Waals surface area (Å²) < 4.78 is 11.6. The Kier molecular flexibility index (Phi) is 5.52. The zero-order valence-corrected chi connectivity index (χ0v) is 17.8. The van der Waals surface area contributed by atoms with E-state index in [1.807, 2.05) is 18.3 Å². The van der Waals surface area contributed by atoms with Gasteiger partial charge in [0.05, 0.1) is 11.8 Å². The fourth-order valence-corrected chi connectivity index (χ4v) is 5.70. The number of likely N-dealkylation sites (tertiary alicyclic amines) is 1. The van der Waals surface area contributed by atoms with E-state index >= 15 is 0 Å². The first-order chi connectivity index (χ1) is 14.6. The van der Waals surface area contributed by atoms with Gasteiger partial charge in [0.1, 0.15) is 18.0 Å². The lowest BCUT2D eigenvalue weighted by molar-refractivity contribution is -0.0114. The van der Waals surface area contributed by atoms with Gasteiger partial charge in [0.15, 0.2) is 0 Å². The molecule has 0 amide bonds. The quantitative estimate of drug-likeness (QED) is 0.790. The number of aliphatic hydroxyl groups is 1. The van der Waals surface area contributed by atoms with Crippen LogP contribution in [-0.2, 0) is 16.9 Å². The van der Waals surface area contributed by atoms with Gasteiger partial charge in [-0.05, 0) is 67.9 Å². The zero-order chi connectivity index (χ0) is 20.6. The van der Waals surface area contributed by atoms with Crippen LogP contribution < -0.4 is 4.74 Å². The van der Waals surface area contributed by atoms with Gasteiger partial charge in [-0.1, -0.05) is 18.2 Å². The van der Waals surface area contributed by atoms with Crippen LogP contribution in [0.3, 0.4) is 0 Å². The predicted octanol–water partition coefficient (Wildman–Crippen LogP) is 3.68. The van der Waals surface area contributed by atoms with Gasteiger partial charge in [-0.2, -0.15) is 0 Å². The molecule has 0 radical (unpaired) electrons. The van der Waals surface area contributed by atoms with Crippen molar-refractivity contribution in [1.29, 1.82) is 0 Å². The average Bonchev–Trinajstić information content (AvgIpc) is 3.47. The molecule has 0 bridgehead atoms. The summed E-state index contributed by atoms with van der Waals surface area (Å²) in [4.78, 5) is 7.05. The number of aromatic nitrogens is 1. The van der Waals surface area contributed by atoms with Crippen LogP contribution in [0.1, 0.15) is 42.5 Å². The summed E-state index contributed by atoms with van der Waals surface area (Å²) in [6.45, 7) is 6.39. The number of benzene rings is 1. The van der Waals surface area contributed by atoms with Crippen molar-refractivity contribution in [2.45, 2.75) is 50.9 Å². The van der Waals surface area contributed by atoms with E-state index in [-0.39, 0.29) is 12.0 Å². The van der Waals surface area contributed by atoms with Crippen molar-refractivity contribution in [2.24, 2.45) is 11.8 Å². The number of ether oxygens (including phenoxy) is 2. The van der Waals surface area contributed by atoms with E-state index in [1.54, 1.807) is 0 Å². The summed E-state index contributed by atoms with van der Waals surface area (Å²) >= 11 is 0. The van der Waals surface area contributed by atoms with Crippen LogP contribution >= 0.6 is 0 Å². The summed E-state index contributed by atoms with van der Waals surface area (Å²) in [5.41, 5.74) is 2.44. The van der Waals surface area contributed by atoms with Crippen molar-refractivity contribution in [1.82, 2.24) is 9.88 Å². The van der Waals surface area contributed by atoms with E-state index in [9.17, 15) is 5.11 Å². The minimum Gasteiger partial charge on any atom is -0.491 e. The minimum absolute atomic E-state index is 0.236. The van der Waals surface area contributed by atoms with Gasteiger partial charge in [0.25, 0.3) is 0 Å². The fourth-order valence-electron chi connectivity index (χ4n) is 5.70. The Balaban J connectivity index is 1.23. The Labute approximate surface area is 179 Å². The van der Waals surface area contributed by atoms with Gasteiger partial charge in [0.2, 0.25) is 0 Å². The van der Waals surface area contributed by atoms with E-state index in [0.717, 1.165) is 68.9 Å². The molecule has 1 aromatic heterocycles. The van der Waals surface area contributed by atoms with Crippen molar-refractivity contribution in [3.63, 3.8) is 0 Å². The highest BCUT2D eigenvalue weighted by Crippen LogP contribution is 2.50. The smallest absolute Gasteiger partial charge is 0.119 e. The predicted molar refractivity (Wildman–Crippen MR) is 115 cm³/mol. The molecule has 0 spiro atoms. The highest BCUT2D eigenvalue weighted by molar-refractivity contribution is 5.30. The number of fused-ring (bicyclic) bond motifs is 1. The van der Waals surface area contributed by atoms with Gasteiger partial charge < -0.3 is 14.6 Å². The molecule has 2 saturated heterocycles. The fraction of sp³-hybridized carbons (Fsp3) is 0.560. The van der Waals surface area contributed by atoms with Gasteiger partial charge in [-0.15, -0.1) is 0 Å². The SMILES string of the molecule is Cc1cccnc1[C@@]1(O)CC[C@@H]2CN(Cc3cccc(OC[C@@H]4CCCO4)c3)C[C@@H]21. The molecule has 5 nitrogen and oxygen atoms in total. The third kappa shape index (κ3) is 3.86. The molecule has 1 aromatic carbocycles. The van der Waals surface area contributed by atoms with Crippen LogP contribution in [0.15, 0.2) is 42.6 Å². The van der Waals surface area contributed by atoms with E-state index < -0.39 is 5.60 Å². The lowest BCUT2D eigenvalue weighted by Gasteiger charge is -2.31. The molecule has 4 atom stereocenters. The molecule has 5 heteroatoms. The summed E-state index contributed by atoms with van der Waals surface area (Å²) in [5, 5.41) is 11.6. The Hall–Kier alpha value is -1.95. The summed E-state index contributed by atoms with van der Waals surface area (Å²) in [6.07, 6.45) is 6.16. The Morgan fingerprint density at radius 3 is 3.00 bits per heavy atom. The zero-order valence-electron chi connectivity index (χ0n) is 17.8. The Morgan fingerprint density at radius 1 is 1.23 bits per heavy atom. The van der Waals surface area contributed by atoms with Crippen LogP contribution in [0.2, 0.25) is 0 Å². The molecule has 1 saturated carbocycles. The molecule has 160 valence electrons. The monoisotopic (exact) mass is 408 g/mol. The van der Waals surface area contributed by atoms with Crippen molar-refractivity contribution < 1.29 is 14.6 Å². The number of nitrogens with zero attached hydrogens (tertiary/aromatic N) is 2. The van der Waals surface area contributed by atoms with Crippen LogP contribution in [0.5, 0.6) is 5.75 Å². The maximum absolute atomic E-state index is 11.6. The minimum atomic E-state index is -0.795. The molecule has 0 unspecified atom stereocenters. The van der Waals surface area contributed by atoms with Crippen LogP contribution in [0, 0.1) is 18.8 Å². The Morgan fingerprint density at radius 2 is 2.17 bits per heavy atom. The Bertz CT molecular complexity index is 882. The normalized spacial score (nSPS) is 31.2. The van der Waals surface area contributed by atoms with Crippen molar-refractivity contribution >= 4 is 0 Å². The lowest BCUT2D eigenvalue weighted by Crippen LogP contribution is -2.36. The van der Waals surface area contributed by atoms with Crippen molar-refractivity contribution in [3.05, 3.63) is 59.4 Å². The molecule has 5 rings (SSSR count). The molecular formula is C25H32N2O3. The van der Waals surface area contributed by atoms with E-state index in [0.29, 0.717) is 12.5 Å². The first kappa shape index (κ1) is 20.0. The van der Waals surface area contributed by atoms with E-state index in [1.165, 1.54) is 5.56 Å². The number of pyridine rings is 1. The molecule has 2 aliphatic heterocycles. The second-order valence-corrected chi connectivity index (χ2v) is 9.29. The van der Waals surface area contributed by atoms with Crippen molar-refractivity contribution in [3.8, 4) is 5.75 Å². The molecular weight excluding hydrogens is 376 g/mol. The topological polar surface area (TPSA) is 54.8 Å². The second kappa shape index (κ2) is 8.29. The maximum Gasteiger partial charge on any atom is 0.119 e. The lowest BCUT2D eigenvalue weighted by atomic mass is 9.83. The van der Waals surface area contributed by atoms with Gasteiger partial charge in [-0.3, -0.25) is 9.88 Å². The molecule has 1 aliphatic carbocycles. The van der Waals surface area contributed by atoms with Crippen molar-refractivity contribution in [2.75, 3.05) is 26.3 Å².